The summed E-state index contributed by atoms with van der Waals surface area (Å²) in [4.78, 5) is 11.2. The number of ether oxygens (including phenoxy) is 1. The first-order chi connectivity index (χ1) is 9.06. The molecular weight excluding hydrogens is 308 g/mol. The van der Waals surface area contributed by atoms with Crippen molar-refractivity contribution in [1.82, 2.24) is 0 Å². The number of anilines is 1. The van der Waals surface area contributed by atoms with Gasteiger partial charge in [0.25, 0.3) is 5.91 Å². The molecule has 0 atom stereocenters. The molecule has 1 amide bonds. The van der Waals surface area contributed by atoms with Crippen molar-refractivity contribution in [1.29, 1.82) is 0 Å². The van der Waals surface area contributed by atoms with E-state index in [1.54, 1.807) is 18.2 Å². The van der Waals surface area contributed by atoms with Crippen LogP contribution in [0.3, 0.4) is 0 Å². The number of carbonyl (C=O) groups excluding carboxylic acids is 1. The van der Waals surface area contributed by atoms with Gasteiger partial charge in [0.1, 0.15) is 12.4 Å². The fraction of sp³-hybridized carbons (Fsp3) is 0.0714. The van der Waals surface area contributed by atoms with Crippen LogP contribution in [0.15, 0.2) is 46.9 Å². The summed E-state index contributed by atoms with van der Waals surface area (Å²) < 4.78 is 6.61. The van der Waals surface area contributed by atoms with E-state index in [2.05, 4.69) is 15.9 Å². The van der Waals surface area contributed by atoms with Gasteiger partial charge in [0.15, 0.2) is 0 Å². The van der Waals surface area contributed by atoms with Gasteiger partial charge in [-0.3, -0.25) is 4.79 Å². The SMILES string of the molecule is NC(=O)c1cc(OCc2ccc(Br)cc2)ccc1N. The summed E-state index contributed by atoms with van der Waals surface area (Å²) in [6.07, 6.45) is 0. The number of halogens is 1. The monoisotopic (exact) mass is 320 g/mol. The summed E-state index contributed by atoms with van der Waals surface area (Å²) in [5, 5.41) is 0. The maximum atomic E-state index is 11.2. The standard InChI is InChI=1S/C14H13BrN2O2/c15-10-3-1-9(2-4-10)8-19-11-5-6-13(16)12(7-11)14(17)18/h1-7H,8,16H2,(H2,17,18). The molecule has 0 radical (unpaired) electrons. The number of amides is 1. The molecule has 0 aliphatic heterocycles. The highest BCUT2D eigenvalue weighted by Gasteiger charge is 2.07. The zero-order valence-electron chi connectivity index (χ0n) is 10.1. The topological polar surface area (TPSA) is 78.3 Å². The summed E-state index contributed by atoms with van der Waals surface area (Å²) in [6.45, 7) is 0.412. The fourth-order valence-electron chi connectivity index (χ4n) is 1.59. The van der Waals surface area contributed by atoms with Crippen LogP contribution in [0.25, 0.3) is 0 Å². The Kier molecular flexibility index (Phi) is 4.06. The van der Waals surface area contributed by atoms with E-state index in [-0.39, 0.29) is 5.56 Å². The van der Waals surface area contributed by atoms with Crippen molar-refractivity contribution in [2.45, 2.75) is 6.61 Å². The second kappa shape index (κ2) is 5.75. The first-order valence-corrected chi connectivity index (χ1v) is 6.42. The molecule has 4 N–H and O–H groups in total. The zero-order valence-corrected chi connectivity index (χ0v) is 11.7. The normalized spacial score (nSPS) is 10.2. The Morgan fingerprint density at radius 3 is 2.47 bits per heavy atom. The van der Waals surface area contributed by atoms with Gasteiger partial charge >= 0.3 is 0 Å². The van der Waals surface area contributed by atoms with Gasteiger partial charge in [-0.15, -0.1) is 0 Å². The van der Waals surface area contributed by atoms with Crippen molar-refractivity contribution in [3.8, 4) is 5.75 Å². The lowest BCUT2D eigenvalue weighted by Crippen LogP contribution is -2.13. The second-order valence-electron chi connectivity index (χ2n) is 4.03. The molecular formula is C14H13BrN2O2. The van der Waals surface area contributed by atoms with Gasteiger partial charge < -0.3 is 16.2 Å². The number of hydrogen-bond donors (Lipinski definition) is 2. The number of hydrogen-bond acceptors (Lipinski definition) is 3. The van der Waals surface area contributed by atoms with E-state index in [4.69, 9.17) is 16.2 Å². The van der Waals surface area contributed by atoms with Crippen LogP contribution in [-0.4, -0.2) is 5.91 Å². The molecule has 4 nitrogen and oxygen atoms in total. The molecule has 0 fully saturated rings. The Morgan fingerprint density at radius 2 is 1.84 bits per heavy atom. The van der Waals surface area contributed by atoms with E-state index in [0.29, 0.717) is 18.0 Å². The van der Waals surface area contributed by atoms with Gasteiger partial charge in [0.05, 0.1) is 5.56 Å². The van der Waals surface area contributed by atoms with Crippen molar-refractivity contribution in [3.63, 3.8) is 0 Å². The minimum absolute atomic E-state index is 0.272. The first kappa shape index (κ1) is 13.4. The van der Waals surface area contributed by atoms with Gasteiger partial charge in [-0.2, -0.15) is 0 Å². The van der Waals surface area contributed by atoms with Gasteiger partial charge in [-0.25, -0.2) is 0 Å². The van der Waals surface area contributed by atoms with E-state index in [1.165, 1.54) is 0 Å². The minimum Gasteiger partial charge on any atom is -0.489 e. The Labute approximate surface area is 119 Å². The van der Waals surface area contributed by atoms with Gasteiger partial charge in [0.2, 0.25) is 0 Å². The van der Waals surface area contributed by atoms with Crippen LogP contribution in [0.5, 0.6) is 5.75 Å². The Bertz CT molecular complexity index is 597. The van der Waals surface area contributed by atoms with Crippen LogP contribution >= 0.6 is 15.9 Å². The minimum atomic E-state index is -0.563. The number of nitrogen functional groups attached to an aromatic ring is 1. The summed E-state index contributed by atoms with van der Waals surface area (Å²) in [6, 6.07) is 12.7. The molecule has 2 aromatic rings. The molecule has 98 valence electrons. The van der Waals surface area contributed by atoms with Crippen LogP contribution < -0.4 is 16.2 Å². The molecule has 0 saturated carbocycles. The molecule has 0 unspecified atom stereocenters. The molecule has 5 heteroatoms. The second-order valence-corrected chi connectivity index (χ2v) is 4.94. The van der Waals surface area contributed by atoms with E-state index >= 15 is 0 Å². The Hall–Kier alpha value is -2.01. The van der Waals surface area contributed by atoms with Crippen molar-refractivity contribution in [2.24, 2.45) is 5.73 Å². The summed E-state index contributed by atoms with van der Waals surface area (Å²) in [7, 11) is 0. The molecule has 0 heterocycles. The molecule has 0 saturated heterocycles. The van der Waals surface area contributed by atoms with Crippen LogP contribution in [0.4, 0.5) is 5.69 Å². The van der Waals surface area contributed by atoms with Crippen LogP contribution in [0, 0.1) is 0 Å². The Morgan fingerprint density at radius 1 is 1.16 bits per heavy atom. The van der Waals surface area contributed by atoms with Gasteiger partial charge in [0, 0.05) is 10.2 Å². The van der Waals surface area contributed by atoms with E-state index in [9.17, 15) is 4.79 Å². The van der Waals surface area contributed by atoms with Crippen LogP contribution in [0.2, 0.25) is 0 Å². The summed E-state index contributed by atoms with van der Waals surface area (Å²) >= 11 is 3.37. The maximum Gasteiger partial charge on any atom is 0.250 e. The quantitative estimate of drug-likeness (QED) is 0.850. The molecule has 0 aliphatic rings. The zero-order chi connectivity index (χ0) is 13.8. The van der Waals surface area contributed by atoms with Crippen molar-refractivity contribution in [2.75, 3.05) is 5.73 Å². The highest BCUT2D eigenvalue weighted by atomic mass is 79.9. The first-order valence-electron chi connectivity index (χ1n) is 5.63. The number of rotatable bonds is 4. The smallest absolute Gasteiger partial charge is 0.250 e. The third-order valence-electron chi connectivity index (χ3n) is 2.61. The lowest BCUT2D eigenvalue weighted by Gasteiger charge is -2.09. The van der Waals surface area contributed by atoms with E-state index in [0.717, 1.165) is 10.0 Å². The number of benzene rings is 2. The number of nitrogens with two attached hydrogens (primary N) is 2. The van der Waals surface area contributed by atoms with Crippen molar-refractivity contribution < 1.29 is 9.53 Å². The van der Waals surface area contributed by atoms with E-state index in [1.807, 2.05) is 24.3 Å². The third-order valence-corrected chi connectivity index (χ3v) is 3.14. The summed E-state index contributed by atoms with van der Waals surface area (Å²) in [5.41, 5.74) is 12.5. The highest BCUT2D eigenvalue weighted by Crippen LogP contribution is 2.20. The predicted octanol–water partition coefficient (Wildman–Crippen LogP) is 2.71. The molecule has 0 aromatic heterocycles. The van der Waals surface area contributed by atoms with Crippen LogP contribution in [-0.2, 0) is 6.61 Å². The van der Waals surface area contributed by atoms with Gasteiger partial charge in [-0.05, 0) is 35.9 Å². The van der Waals surface area contributed by atoms with E-state index < -0.39 is 5.91 Å². The lowest BCUT2D eigenvalue weighted by atomic mass is 10.1. The van der Waals surface area contributed by atoms with Crippen LogP contribution in [0.1, 0.15) is 15.9 Å². The molecule has 0 bridgehead atoms. The summed E-state index contributed by atoms with van der Waals surface area (Å²) in [5.74, 6) is -0.00231. The lowest BCUT2D eigenvalue weighted by molar-refractivity contribution is 0.100. The molecule has 19 heavy (non-hydrogen) atoms. The average Bonchev–Trinajstić information content (AvgIpc) is 2.39. The number of primary amides is 1. The highest BCUT2D eigenvalue weighted by molar-refractivity contribution is 9.10. The Balaban J connectivity index is 2.09. The third kappa shape index (κ3) is 3.48. The predicted molar refractivity (Wildman–Crippen MR) is 77.8 cm³/mol. The van der Waals surface area contributed by atoms with Gasteiger partial charge in [-0.1, -0.05) is 28.1 Å². The molecule has 2 aromatic carbocycles. The maximum absolute atomic E-state index is 11.2. The molecule has 0 aliphatic carbocycles. The molecule has 0 spiro atoms. The molecule has 2 rings (SSSR count). The van der Waals surface area contributed by atoms with Crippen molar-refractivity contribution in [3.05, 3.63) is 58.1 Å². The largest absolute Gasteiger partial charge is 0.489 e. The fourth-order valence-corrected chi connectivity index (χ4v) is 1.85. The average molecular weight is 321 g/mol. The number of carbonyl (C=O) groups is 1. The van der Waals surface area contributed by atoms with Crippen molar-refractivity contribution >= 4 is 27.5 Å².